The van der Waals surface area contributed by atoms with Crippen LogP contribution in [0.2, 0.25) is 0 Å². The lowest BCUT2D eigenvalue weighted by Gasteiger charge is -2.32. The molecular formula is C16H26N2O. The third-order valence-electron chi connectivity index (χ3n) is 3.84. The lowest BCUT2D eigenvalue weighted by molar-refractivity contribution is 0.181. The van der Waals surface area contributed by atoms with E-state index in [1.165, 1.54) is 31.4 Å². The number of benzene rings is 1. The average molecular weight is 262 g/mol. The van der Waals surface area contributed by atoms with Crippen LogP contribution in [-0.4, -0.2) is 37.7 Å². The highest BCUT2D eigenvalue weighted by molar-refractivity contribution is 5.28. The number of nitrogens with one attached hydrogen (secondary N) is 1. The fourth-order valence-electron chi connectivity index (χ4n) is 2.70. The van der Waals surface area contributed by atoms with Crippen LogP contribution in [0.1, 0.15) is 31.7 Å². The summed E-state index contributed by atoms with van der Waals surface area (Å²) in [6.07, 6.45) is 4.04. The van der Waals surface area contributed by atoms with Crippen LogP contribution in [0.4, 0.5) is 0 Å². The lowest BCUT2D eigenvalue weighted by atomic mass is 10.0. The monoisotopic (exact) mass is 262 g/mol. The molecule has 0 aromatic heterocycles. The van der Waals surface area contributed by atoms with Gasteiger partial charge in [-0.3, -0.25) is 0 Å². The Balaban J connectivity index is 1.77. The van der Waals surface area contributed by atoms with Gasteiger partial charge in [0.05, 0.1) is 6.61 Å². The predicted molar refractivity (Wildman–Crippen MR) is 79.6 cm³/mol. The number of nitrogens with zero attached hydrogens (tertiary/aromatic N) is 1. The summed E-state index contributed by atoms with van der Waals surface area (Å²) in [5, 5.41) is 3.57. The number of hydrogen-bond donors (Lipinski definition) is 1. The summed E-state index contributed by atoms with van der Waals surface area (Å²) in [4.78, 5) is 2.48. The van der Waals surface area contributed by atoms with E-state index in [1.807, 2.05) is 13.0 Å². The van der Waals surface area contributed by atoms with Gasteiger partial charge in [0.25, 0.3) is 0 Å². The van der Waals surface area contributed by atoms with E-state index < -0.39 is 0 Å². The Hall–Kier alpha value is -1.06. The number of piperidine rings is 1. The Morgan fingerprint density at radius 2 is 2.26 bits per heavy atom. The Kier molecular flexibility index (Phi) is 5.67. The van der Waals surface area contributed by atoms with Crippen molar-refractivity contribution < 1.29 is 4.74 Å². The second-order valence-corrected chi connectivity index (χ2v) is 5.34. The summed E-state index contributed by atoms with van der Waals surface area (Å²) in [5.74, 6) is 0.969. The van der Waals surface area contributed by atoms with Crippen molar-refractivity contribution in [3.05, 3.63) is 29.8 Å². The number of ether oxygens (including phenoxy) is 1. The molecule has 1 heterocycles. The summed E-state index contributed by atoms with van der Waals surface area (Å²) < 4.78 is 5.52. The van der Waals surface area contributed by atoms with Gasteiger partial charge in [-0.2, -0.15) is 0 Å². The van der Waals surface area contributed by atoms with Gasteiger partial charge in [0.15, 0.2) is 0 Å². The number of hydrogen-bond acceptors (Lipinski definition) is 3. The first kappa shape index (κ1) is 14.4. The van der Waals surface area contributed by atoms with Gasteiger partial charge in [-0.25, -0.2) is 0 Å². The Morgan fingerprint density at radius 3 is 3.05 bits per heavy atom. The molecule has 19 heavy (non-hydrogen) atoms. The van der Waals surface area contributed by atoms with Crippen molar-refractivity contribution in [2.24, 2.45) is 0 Å². The molecule has 1 unspecified atom stereocenters. The maximum absolute atomic E-state index is 5.52. The van der Waals surface area contributed by atoms with Crippen molar-refractivity contribution in [2.45, 2.75) is 38.8 Å². The molecule has 1 aromatic rings. The highest BCUT2D eigenvalue weighted by Crippen LogP contribution is 2.15. The molecule has 1 aromatic carbocycles. The van der Waals surface area contributed by atoms with Crippen LogP contribution in [-0.2, 0) is 6.54 Å². The van der Waals surface area contributed by atoms with Crippen LogP contribution in [0.15, 0.2) is 24.3 Å². The van der Waals surface area contributed by atoms with E-state index in [0.717, 1.165) is 25.4 Å². The number of likely N-dealkylation sites (tertiary alicyclic amines) is 1. The smallest absolute Gasteiger partial charge is 0.119 e. The van der Waals surface area contributed by atoms with E-state index >= 15 is 0 Å². The lowest BCUT2D eigenvalue weighted by Crippen LogP contribution is -2.42. The average Bonchev–Trinajstić information content (AvgIpc) is 2.42. The summed E-state index contributed by atoms with van der Waals surface area (Å²) in [7, 11) is 2.24. The molecule has 106 valence electrons. The van der Waals surface area contributed by atoms with Gasteiger partial charge in [0.2, 0.25) is 0 Å². The van der Waals surface area contributed by atoms with E-state index in [0.29, 0.717) is 6.04 Å². The fraction of sp³-hybridized carbons (Fsp3) is 0.625. The van der Waals surface area contributed by atoms with Crippen LogP contribution in [0.3, 0.4) is 0 Å². The molecular weight excluding hydrogens is 236 g/mol. The third-order valence-corrected chi connectivity index (χ3v) is 3.84. The quantitative estimate of drug-likeness (QED) is 0.853. The second-order valence-electron chi connectivity index (χ2n) is 5.34. The van der Waals surface area contributed by atoms with E-state index in [9.17, 15) is 0 Å². The normalized spacial score (nSPS) is 20.4. The van der Waals surface area contributed by atoms with Crippen molar-refractivity contribution in [3.63, 3.8) is 0 Å². The van der Waals surface area contributed by atoms with Gasteiger partial charge in [0.1, 0.15) is 5.75 Å². The summed E-state index contributed by atoms with van der Waals surface area (Å²) >= 11 is 0. The van der Waals surface area contributed by atoms with Gasteiger partial charge in [-0.15, -0.1) is 0 Å². The fourth-order valence-corrected chi connectivity index (χ4v) is 2.70. The predicted octanol–water partition coefficient (Wildman–Crippen LogP) is 2.66. The molecule has 3 heteroatoms. The van der Waals surface area contributed by atoms with Crippen molar-refractivity contribution >= 4 is 0 Å². The van der Waals surface area contributed by atoms with Crippen LogP contribution < -0.4 is 10.1 Å². The van der Waals surface area contributed by atoms with Crippen molar-refractivity contribution in [3.8, 4) is 5.75 Å². The molecule has 1 aliphatic rings. The topological polar surface area (TPSA) is 24.5 Å². The SMILES string of the molecule is CCOc1cccc(CNCC2CCCCN2C)c1. The molecule has 0 aliphatic carbocycles. The van der Waals surface area contributed by atoms with Gasteiger partial charge in [-0.05, 0) is 51.1 Å². The first-order chi connectivity index (χ1) is 9.29. The van der Waals surface area contributed by atoms with Crippen molar-refractivity contribution in [1.29, 1.82) is 0 Å². The zero-order valence-electron chi connectivity index (χ0n) is 12.2. The highest BCUT2D eigenvalue weighted by Gasteiger charge is 2.17. The minimum atomic E-state index is 0.698. The third kappa shape index (κ3) is 4.51. The van der Waals surface area contributed by atoms with Crippen LogP contribution in [0.5, 0.6) is 5.75 Å². The number of likely N-dealkylation sites (N-methyl/N-ethyl adjacent to an activating group) is 1. The van der Waals surface area contributed by atoms with Crippen LogP contribution in [0, 0.1) is 0 Å². The highest BCUT2D eigenvalue weighted by atomic mass is 16.5. The van der Waals surface area contributed by atoms with E-state index in [4.69, 9.17) is 4.74 Å². The van der Waals surface area contributed by atoms with E-state index in [-0.39, 0.29) is 0 Å². The molecule has 2 rings (SSSR count). The maximum Gasteiger partial charge on any atom is 0.119 e. The molecule has 0 bridgehead atoms. The molecule has 0 amide bonds. The van der Waals surface area contributed by atoms with Crippen LogP contribution in [0.25, 0.3) is 0 Å². The summed E-state index contributed by atoms with van der Waals surface area (Å²) in [5.41, 5.74) is 1.30. The van der Waals surface area contributed by atoms with Crippen LogP contribution >= 0.6 is 0 Å². The molecule has 1 atom stereocenters. The molecule has 0 radical (unpaired) electrons. The Morgan fingerprint density at radius 1 is 1.37 bits per heavy atom. The first-order valence-electron chi connectivity index (χ1n) is 7.42. The number of rotatable bonds is 6. The molecule has 3 nitrogen and oxygen atoms in total. The van der Waals surface area contributed by atoms with Gasteiger partial charge in [-0.1, -0.05) is 18.6 Å². The van der Waals surface area contributed by atoms with E-state index in [1.54, 1.807) is 0 Å². The standard InChI is InChI=1S/C16H26N2O/c1-3-19-16-9-6-7-14(11-16)12-17-13-15-8-4-5-10-18(15)2/h6-7,9,11,15,17H,3-5,8,10,12-13H2,1-2H3. The van der Waals surface area contributed by atoms with E-state index in [2.05, 4.69) is 35.5 Å². The molecule has 1 N–H and O–H groups in total. The Labute approximate surface area is 116 Å². The second kappa shape index (κ2) is 7.51. The van der Waals surface area contributed by atoms with Gasteiger partial charge >= 0.3 is 0 Å². The maximum atomic E-state index is 5.52. The minimum Gasteiger partial charge on any atom is -0.494 e. The zero-order chi connectivity index (χ0) is 13.5. The molecule has 0 spiro atoms. The Bertz CT molecular complexity index is 381. The largest absolute Gasteiger partial charge is 0.494 e. The van der Waals surface area contributed by atoms with Gasteiger partial charge < -0.3 is 15.0 Å². The van der Waals surface area contributed by atoms with Crippen molar-refractivity contribution in [1.82, 2.24) is 10.2 Å². The van der Waals surface area contributed by atoms with Crippen molar-refractivity contribution in [2.75, 3.05) is 26.7 Å². The first-order valence-corrected chi connectivity index (χ1v) is 7.42. The van der Waals surface area contributed by atoms with Gasteiger partial charge in [0, 0.05) is 19.1 Å². The summed E-state index contributed by atoms with van der Waals surface area (Å²) in [6.45, 7) is 5.99. The minimum absolute atomic E-state index is 0.698. The molecule has 1 fully saturated rings. The summed E-state index contributed by atoms with van der Waals surface area (Å²) in [6, 6.07) is 9.06. The molecule has 1 saturated heterocycles. The molecule has 0 saturated carbocycles. The molecule has 1 aliphatic heterocycles. The zero-order valence-corrected chi connectivity index (χ0v) is 12.2.